The van der Waals surface area contributed by atoms with E-state index in [0.717, 1.165) is 26.1 Å². The van der Waals surface area contributed by atoms with Crippen LogP contribution in [0.1, 0.15) is 40.5 Å². The first-order chi connectivity index (χ1) is 8.41. The molecular formula is C14H29NO3. The van der Waals surface area contributed by atoms with Gasteiger partial charge in [-0.2, -0.15) is 0 Å². The SMILES string of the molecule is CC(C)CC(C)OCC(O)CNC1(C)CCOC1. The molecule has 0 aromatic carbocycles. The van der Waals surface area contributed by atoms with E-state index in [1.807, 2.05) is 0 Å². The molecule has 1 heterocycles. The van der Waals surface area contributed by atoms with Crippen molar-refractivity contribution in [1.29, 1.82) is 0 Å². The fourth-order valence-electron chi connectivity index (χ4n) is 2.24. The van der Waals surface area contributed by atoms with Crippen LogP contribution in [-0.2, 0) is 9.47 Å². The van der Waals surface area contributed by atoms with Crippen LogP contribution >= 0.6 is 0 Å². The van der Waals surface area contributed by atoms with Crippen molar-refractivity contribution in [3.8, 4) is 0 Å². The summed E-state index contributed by atoms with van der Waals surface area (Å²) in [4.78, 5) is 0. The average Bonchev–Trinajstić information content (AvgIpc) is 2.70. The first-order valence-electron chi connectivity index (χ1n) is 7.04. The maximum atomic E-state index is 9.88. The van der Waals surface area contributed by atoms with Gasteiger partial charge in [-0.25, -0.2) is 0 Å². The third kappa shape index (κ3) is 6.14. The Morgan fingerprint density at radius 2 is 2.11 bits per heavy atom. The molecule has 2 N–H and O–H groups in total. The Kier molecular flexibility index (Phi) is 6.57. The summed E-state index contributed by atoms with van der Waals surface area (Å²) in [5.41, 5.74) is 0.0184. The van der Waals surface area contributed by atoms with Gasteiger partial charge in [0.2, 0.25) is 0 Å². The molecule has 4 nitrogen and oxygen atoms in total. The molecule has 0 radical (unpaired) electrons. The van der Waals surface area contributed by atoms with Gasteiger partial charge in [0.1, 0.15) is 0 Å². The minimum atomic E-state index is -0.447. The van der Waals surface area contributed by atoms with E-state index in [-0.39, 0.29) is 11.6 Å². The van der Waals surface area contributed by atoms with Crippen LogP contribution in [0.2, 0.25) is 0 Å². The first-order valence-corrected chi connectivity index (χ1v) is 7.04. The van der Waals surface area contributed by atoms with E-state index < -0.39 is 6.10 Å². The van der Waals surface area contributed by atoms with Gasteiger partial charge in [-0.05, 0) is 32.6 Å². The van der Waals surface area contributed by atoms with Gasteiger partial charge in [0.15, 0.2) is 0 Å². The highest BCUT2D eigenvalue weighted by molar-refractivity contribution is 4.87. The summed E-state index contributed by atoms with van der Waals surface area (Å²) < 4.78 is 11.0. The third-order valence-corrected chi connectivity index (χ3v) is 3.36. The quantitative estimate of drug-likeness (QED) is 0.695. The van der Waals surface area contributed by atoms with E-state index in [0.29, 0.717) is 19.1 Å². The predicted octanol–water partition coefficient (Wildman–Crippen LogP) is 1.57. The minimum absolute atomic E-state index is 0.0184. The number of β-amino-alcohol motifs (C(OH)–C–C–N with tert-alkyl or cyclic N) is 1. The molecule has 18 heavy (non-hydrogen) atoms. The number of nitrogens with one attached hydrogen (secondary N) is 1. The van der Waals surface area contributed by atoms with E-state index in [2.05, 4.69) is 33.0 Å². The van der Waals surface area contributed by atoms with Crippen molar-refractivity contribution < 1.29 is 14.6 Å². The Morgan fingerprint density at radius 1 is 1.39 bits per heavy atom. The summed E-state index contributed by atoms with van der Waals surface area (Å²) in [6, 6.07) is 0. The van der Waals surface area contributed by atoms with Crippen LogP contribution in [0.4, 0.5) is 0 Å². The highest BCUT2D eigenvalue weighted by Gasteiger charge is 2.29. The molecule has 0 bridgehead atoms. The molecule has 1 aliphatic heterocycles. The lowest BCUT2D eigenvalue weighted by atomic mass is 10.0. The molecule has 1 fully saturated rings. The Balaban J connectivity index is 2.11. The van der Waals surface area contributed by atoms with Gasteiger partial charge in [0, 0.05) is 18.7 Å². The van der Waals surface area contributed by atoms with E-state index in [1.54, 1.807) is 0 Å². The highest BCUT2D eigenvalue weighted by atomic mass is 16.5. The molecule has 0 amide bonds. The lowest BCUT2D eigenvalue weighted by Gasteiger charge is -2.26. The van der Waals surface area contributed by atoms with Crippen LogP contribution in [-0.4, -0.2) is 49.2 Å². The Bertz CT molecular complexity index is 227. The second-order valence-corrected chi connectivity index (χ2v) is 6.17. The van der Waals surface area contributed by atoms with Crippen LogP contribution in [0.3, 0.4) is 0 Å². The summed E-state index contributed by atoms with van der Waals surface area (Å²) >= 11 is 0. The zero-order valence-corrected chi connectivity index (χ0v) is 12.2. The van der Waals surface area contributed by atoms with E-state index in [9.17, 15) is 5.11 Å². The van der Waals surface area contributed by atoms with Crippen molar-refractivity contribution in [2.24, 2.45) is 5.92 Å². The molecule has 1 rings (SSSR count). The standard InChI is InChI=1S/C14H29NO3/c1-11(2)7-12(3)18-9-13(16)8-15-14(4)5-6-17-10-14/h11-13,15-16H,5-10H2,1-4H3. The fraction of sp³-hybridized carbons (Fsp3) is 1.00. The van der Waals surface area contributed by atoms with Crippen LogP contribution < -0.4 is 5.32 Å². The predicted molar refractivity (Wildman–Crippen MR) is 72.7 cm³/mol. The van der Waals surface area contributed by atoms with Gasteiger partial charge in [-0.3, -0.25) is 0 Å². The number of rotatable bonds is 8. The molecule has 0 saturated carbocycles. The highest BCUT2D eigenvalue weighted by Crippen LogP contribution is 2.17. The van der Waals surface area contributed by atoms with Gasteiger partial charge < -0.3 is 19.9 Å². The Morgan fingerprint density at radius 3 is 2.67 bits per heavy atom. The molecule has 0 spiro atoms. The number of aliphatic hydroxyl groups is 1. The number of ether oxygens (including phenoxy) is 2. The lowest BCUT2D eigenvalue weighted by molar-refractivity contribution is -0.0109. The van der Waals surface area contributed by atoms with Gasteiger partial charge in [0.05, 0.1) is 25.4 Å². The second-order valence-electron chi connectivity index (χ2n) is 6.17. The van der Waals surface area contributed by atoms with Crippen molar-refractivity contribution in [1.82, 2.24) is 5.32 Å². The number of aliphatic hydroxyl groups excluding tert-OH is 1. The molecule has 0 aliphatic carbocycles. The van der Waals surface area contributed by atoms with Crippen molar-refractivity contribution in [2.45, 2.75) is 58.3 Å². The van der Waals surface area contributed by atoms with Crippen molar-refractivity contribution >= 4 is 0 Å². The third-order valence-electron chi connectivity index (χ3n) is 3.36. The van der Waals surface area contributed by atoms with Crippen molar-refractivity contribution in [3.05, 3.63) is 0 Å². The molecule has 0 aromatic rings. The zero-order valence-electron chi connectivity index (χ0n) is 12.2. The maximum Gasteiger partial charge on any atom is 0.0898 e. The van der Waals surface area contributed by atoms with E-state index in [1.165, 1.54) is 0 Å². The van der Waals surface area contributed by atoms with E-state index >= 15 is 0 Å². The maximum absolute atomic E-state index is 9.88. The van der Waals surface area contributed by atoms with Crippen molar-refractivity contribution in [2.75, 3.05) is 26.4 Å². The van der Waals surface area contributed by atoms with E-state index in [4.69, 9.17) is 9.47 Å². The lowest BCUT2D eigenvalue weighted by Crippen LogP contribution is -2.47. The summed E-state index contributed by atoms with van der Waals surface area (Å²) in [7, 11) is 0. The monoisotopic (exact) mass is 259 g/mol. The minimum Gasteiger partial charge on any atom is -0.389 e. The fourth-order valence-corrected chi connectivity index (χ4v) is 2.24. The van der Waals surface area contributed by atoms with Crippen molar-refractivity contribution in [3.63, 3.8) is 0 Å². The first kappa shape index (κ1) is 15.9. The zero-order chi connectivity index (χ0) is 13.6. The molecule has 3 atom stereocenters. The molecule has 3 unspecified atom stereocenters. The van der Waals surface area contributed by atoms with Crippen LogP contribution in [0.25, 0.3) is 0 Å². The molecule has 4 heteroatoms. The smallest absolute Gasteiger partial charge is 0.0898 e. The topological polar surface area (TPSA) is 50.7 Å². The van der Waals surface area contributed by atoms with Crippen LogP contribution in [0, 0.1) is 5.92 Å². The van der Waals surface area contributed by atoms with Gasteiger partial charge >= 0.3 is 0 Å². The Hall–Kier alpha value is -0.160. The Labute approximate surface area is 111 Å². The number of hydrogen-bond donors (Lipinski definition) is 2. The normalized spacial score (nSPS) is 27.7. The average molecular weight is 259 g/mol. The van der Waals surface area contributed by atoms with Crippen LogP contribution in [0.5, 0.6) is 0 Å². The summed E-state index contributed by atoms with van der Waals surface area (Å²) in [6.45, 7) is 11.1. The largest absolute Gasteiger partial charge is 0.389 e. The van der Waals surface area contributed by atoms with Gasteiger partial charge in [0.25, 0.3) is 0 Å². The molecule has 1 saturated heterocycles. The van der Waals surface area contributed by atoms with Crippen LogP contribution in [0.15, 0.2) is 0 Å². The summed E-state index contributed by atoms with van der Waals surface area (Å²) in [6.07, 6.45) is 1.80. The molecule has 1 aliphatic rings. The molecule has 108 valence electrons. The molecular weight excluding hydrogens is 230 g/mol. The van der Waals surface area contributed by atoms with Gasteiger partial charge in [-0.1, -0.05) is 13.8 Å². The number of hydrogen-bond acceptors (Lipinski definition) is 4. The molecule has 0 aromatic heterocycles. The summed E-state index contributed by atoms with van der Waals surface area (Å²) in [5, 5.41) is 13.2. The van der Waals surface area contributed by atoms with Gasteiger partial charge in [-0.15, -0.1) is 0 Å². The second kappa shape index (κ2) is 7.43. The summed E-state index contributed by atoms with van der Waals surface area (Å²) in [5.74, 6) is 0.629.